The van der Waals surface area contributed by atoms with E-state index in [1.807, 2.05) is 30.0 Å². The quantitative estimate of drug-likeness (QED) is 0.514. The summed E-state index contributed by atoms with van der Waals surface area (Å²) in [5.41, 5.74) is 1.02. The third-order valence-corrected chi connectivity index (χ3v) is 8.10. The molecule has 0 fully saturated rings. The van der Waals surface area contributed by atoms with E-state index in [0.29, 0.717) is 10.6 Å². The van der Waals surface area contributed by atoms with E-state index < -0.39 is 9.84 Å². The predicted octanol–water partition coefficient (Wildman–Crippen LogP) is 3.65. The first kappa shape index (κ1) is 21.6. The zero-order valence-electron chi connectivity index (χ0n) is 16.4. The number of thiazole rings is 1. The van der Waals surface area contributed by atoms with Gasteiger partial charge in [-0.15, -0.1) is 11.8 Å². The zero-order valence-corrected chi connectivity index (χ0v) is 18.9. The lowest BCUT2D eigenvalue weighted by Crippen LogP contribution is -2.14. The van der Waals surface area contributed by atoms with Crippen molar-refractivity contribution < 1.29 is 17.9 Å². The van der Waals surface area contributed by atoms with Gasteiger partial charge in [0.05, 0.1) is 28.0 Å². The van der Waals surface area contributed by atoms with E-state index >= 15 is 0 Å². The lowest BCUT2D eigenvalue weighted by Gasteiger charge is -2.05. The van der Waals surface area contributed by atoms with E-state index in [1.165, 1.54) is 30.6 Å². The van der Waals surface area contributed by atoms with Crippen LogP contribution in [0.1, 0.15) is 12.8 Å². The number of carbonyl (C=O) groups is 1. The van der Waals surface area contributed by atoms with E-state index in [4.69, 9.17) is 4.74 Å². The van der Waals surface area contributed by atoms with Crippen LogP contribution in [-0.2, 0) is 21.7 Å². The monoisotopic (exact) mass is 450 g/mol. The van der Waals surface area contributed by atoms with Crippen LogP contribution < -0.4 is 9.54 Å². The van der Waals surface area contributed by atoms with Crippen LogP contribution in [0.4, 0.5) is 0 Å². The fraction of sp³-hybridized carbons (Fsp3) is 0.300. The number of carbonyl (C=O) groups excluding carboxylic acids is 1. The van der Waals surface area contributed by atoms with Gasteiger partial charge in [-0.3, -0.25) is 4.79 Å². The normalized spacial score (nSPS) is 12.4. The first-order valence-electron chi connectivity index (χ1n) is 8.92. The fourth-order valence-corrected chi connectivity index (χ4v) is 5.72. The Hall–Kier alpha value is -2.10. The molecule has 1 heterocycles. The molecule has 0 aliphatic carbocycles. The van der Waals surface area contributed by atoms with Crippen molar-refractivity contribution in [1.82, 2.24) is 4.57 Å². The van der Waals surface area contributed by atoms with Crippen LogP contribution in [0.25, 0.3) is 10.2 Å². The Balaban J connectivity index is 1.67. The Morgan fingerprint density at radius 2 is 1.93 bits per heavy atom. The lowest BCUT2D eigenvalue weighted by molar-refractivity contribution is -0.118. The van der Waals surface area contributed by atoms with Gasteiger partial charge in [-0.1, -0.05) is 11.3 Å². The summed E-state index contributed by atoms with van der Waals surface area (Å²) < 4.78 is 32.8. The molecular formula is C20H22N2O4S3. The summed E-state index contributed by atoms with van der Waals surface area (Å²) in [6.07, 6.45) is 2.32. The van der Waals surface area contributed by atoms with Gasteiger partial charge >= 0.3 is 0 Å². The van der Waals surface area contributed by atoms with E-state index in [0.717, 1.165) is 15.1 Å². The number of methoxy groups -OCH3 is 1. The van der Waals surface area contributed by atoms with E-state index in [-0.39, 0.29) is 29.4 Å². The second-order valence-corrected chi connectivity index (χ2v) is 10.4. The Bertz CT molecular complexity index is 1190. The minimum atomic E-state index is -3.44. The van der Waals surface area contributed by atoms with Crippen molar-refractivity contribution in [3.63, 3.8) is 0 Å². The molecule has 0 saturated carbocycles. The molecule has 0 aliphatic rings. The van der Waals surface area contributed by atoms with Crippen molar-refractivity contribution in [2.24, 2.45) is 12.0 Å². The molecule has 0 unspecified atom stereocenters. The number of aryl methyl sites for hydroxylation is 1. The van der Waals surface area contributed by atoms with Crippen molar-refractivity contribution >= 4 is 49.1 Å². The van der Waals surface area contributed by atoms with E-state index in [2.05, 4.69) is 11.1 Å². The maximum absolute atomic E-state index is 12.4. The third-order valence-electron chi connectivity index (χ3n) is 4.46. The highest BCUT2D eigenvalue weighted by Crippen LogP contribution is 2.23. The van der Waals surface area contributed by atoms with Crippen LogP contribution in [0.2, 0.25) is 0 Å². The van der Waals surface area contributed by atoms with Gasteiger partial charge in [0, 0.05) is 18.4 Å². The van der Waals surface area contributed by atoms with Gasteiger partial charge in [-0.05, 0) is 55.1 Å². The SMILES string of the molecule is COc1ccc(S(=O)(=O)CCCC(=O)N=c2sc3cc(SC)ccc3n2C)cc1. The Morgan fingerprint density at radius 1 is 1.21 bits per heavy atom. The smallest absolute Gasteiger partial charge is 0.248 e. The lowest BCUT2D eigenvalue weighted by atomic mass is 10.3. The molecule has 0 spiro atoms. The molecule has 29 heavy (non-hydrogen) atoms. The van der Waals surface area contributed by atoms with Crippen molar-refractivity contribution in [3.8, 4) is 5.75 Å². The van der Waals surface area contributed by atoms with Gasteiger partial charge in [-0.25, -0.2) is 8.42 Å². The van der Waals surface area contributed by atoms with Gasteiger partial charge in [0.15, 0.2) is 14.6 Å². The predicted molar refractivity (Wildman–Crippen MR) is 117 cm³/mol. The average molecular weight is 451 g/mol. The number of fused-ring (bicyclic) bond motifs is 1. The summed E-state index contributed by atoms with van der Waals surface area (Å²) in [7, 11) is -0.0470. The summed E-state index contributed by atoms with van der Waals surface area (Å²) in [6, 6.07) is 12.4. The highest BCUT2D eigenvalue weighted by Gasteiger charge is 2.15. The Labute approximate surface area is 178 Å². The average Bonchev–Trinajstić information content (AvgIpc) is 3.02. The van der Waals surface area contributed by atoms with Crippen LogP contribution in [0.15, 0.2) is 57.2 Å². The van der Waals surface area contributed by atoms with Crippen molar-refractivity contribution in [1.29, 1.82) is 0 Å². The number of hydrogen-bond donors (Lipinski definition) is 0. The molecular weight excluding hydrogens is 428 g/mol. The third kappa shape index (κ3) is 5.09. The van der Waals surface area contributed by atoms with Crippen LogP contribution in [0, 0.1) is 0 Å². The topological polar surface area (TPSA) is 77.7 Å². The van der Waals surface area contributed by atoms with Gasteiger partial charge in [0.1, 0.15) is 5.75 Å². The number of benzene rings is 2. The first-order chi connectivity index (χ1) is 13.8. The highest BCUT2D eigenvalue weighted by atomic mass is 32.2. The molecule has 1 amide bonds. The van der Waals surface area contributed by atoms with Crippen LogP contribution >= 0.6 is 23.1 Å². The summed E-state index contributed by atoms with van der Waals surface area (Å²) in [5, 5.41) is 0. The summed E-state index contributed by atoms with van der Waals surface area (Å²) in [6.45, 7) is 0. The van der Waals surface area contributed by atoms with Crippen LogP contribution in [0.3, 0.4) is 0 Å². The molecule has 0 saturated heterocycles. The van der Waals surface area contributed by atoms with Gasteiger partial charge in [-0.2, -0.15) is 4.99 Å². The molecule has 154 valence electrons. The summed E-state index contributed by atoms with van der Waals surface area (Å²) in [5.74, 6) is 0.178. The number of sulfone groups is 1. The minimum Gasteiger partial charge on any atom is -0.497 e. The molecule has 3 aromatic rings. The number of rotatable bonds is 7. The van der Waals surface area contributed by atoms with E-state index in [9.17, 15) is 13.2 Å². The Morgan fingerprint density at radius 3 is 2.59 bits per heavy atom. The molecule has 0 bridgehead atoms. The van der Waals surface area contributed by atoms with Gasteiger partial charge < -0.3 is 9.30 Å². The minimum absolute atomic E-state index is 0.0830. The van der Waals surface area contributed by atoms with E-state index in [1.54, 1.807) is 23.9 Å². The zero-order chi connectivity index (χ0) is 21.0. The van der Waals surface area contributed by atoms with Crippen LogP contribution in [0.5, 0.6) is 5.75 Å². The number of hydrogen-bond acceptors (Lipinski definition) is 6. The largest absolute Gasteiger partial charge is 0.497 e. The molecule has 0 aliphatic heterocycles. The summed E-state index contributed by atoms with van der Waals surface area (Å²) >= 11 is 3.12. The highest BCUT2D eigenvalue weighted by molar-refractivity contribution is 7.98. The number of ether oxygens (including phenoxy) is 1. The van der Waals surface area contributed by atoms with Crippen molar-refractivity contribution in [2.45, 2.75) is 22.6 Å². The number of aromatic nitrogens is 1. The maximum atomic E-state index is 12.4. The molecule has 0 radical (unpaired) electrons. The Kier molecular flexibility index (Phi) is 6.81. The van der Waals surface area contributed by atoms with Gasteiger partial charge in [0.25, 0.3) is 0 Å². The molecule has 0 N–H and O–H groups in total. The molecule has 9 heteroatoms. The molecule has 0 atom stereocenters. The van der Waals surface area contributed by atoms with Crippen molar-refractivity contribution in [2.75, 3.05) is 19.1 Å². The molecule has 1 aromatic heterocycles. The number of nitrogens with zero attached hydrogens (tertiary/aromatic N) is 2. The maximum Gasteiger partial charge on any atom is 0.248 e. The van der Waals surface area contributed by atoms with Gasteiger partial charge in [0.2, 0.25) is 5.91 Å². The number of thioether (sulfide) groups is 1. The van der Waals surface area contributed by atoms with Crippen LogP contribution in [-0.4, -0.2) is 38.0 Å². The first-order valence-corrected chi connectivity index (χ1v) is 12.6. The molecule has 2 aromatic carbocycles. The van der Waals surface area contributed by atoms with Crippen molar-refractivity contribution in [3.05, 3.63) is 47.3 Å². The number of amides is 1. The summed E-state index contributed by atoms with van der Waals surface area (Å²) in [4.78, 5) is 18.5. The standard InChI is InChI=1S/C20H22N2O4S3/c1-22-17-11-8-15(27-3)13-18(17)28-20(22)21-19(23)5-4-12-29(24,25)16-9-6-14(26-2)7-10-16/h6-11,13H,4-5,12H2,1-3H3. The molecule has 6 nitrogen and oxygen atoms in total. The fourth-order valence-electron chi connectivity index (χ4n) is 2.82. The second-order valence-electron chi connectivity index (χ2n) is 6.38. The molecule has 3 rings (SSSR count). The second kappa shape index (κ2) is 9.15.